The van der Waals surface area contributed by atoms with Crippen LogP contribution < -0.4 is 9.47 Å². The van der Waals surface area contributed by atoms with E-state index >= 15 is 0 Å². The molecule has 2 aromatic carbocycles. The number of nitrogens with one attached hydrogen (secondary N) is 1. The first kappa shape index (κ1) is 22.3. The van der Waals surface area contributed by atoms with Gasteiger partial charge in [0.1, 0.15) is 0 Å². The summed E-state index contributed by atoms with van der Waals surface area (Å²) in [6.45, 7) is 7.78. The molecule has 0 spiro atoms. The first-order valence-electron chi connectivity index (χ1n) is 12.3. The van der Waals surface area contributed by atoms with E-state index in [4.69, 9.17) is 14.2 Å². The second-order valence-corrected chi connectivity index (χ2v) is 9.63. The minimum Gasteiger partial charge on any atom is -0.493 e. The van der Waals surface area contributed by atoms with Crippen molar-refractivity contribution < 1.29 is 14.2 Å². The van der Waals surface area contributed by atoms with Crippen molar-refractivity contribution in [1.29, 1.82) is 0 Å². The quantitative estimate of drug-likeness (QED) is 0.520. The van der Waals surface area contributed by atoms with Crippen molar-refractivity contribution >= 4 is 10.9 Å². The van der Waals surface area contributed by atoms with Gasteiger partial charge in [0.15, 0.2) is 11.5 Å². The predicted octanol–water partition coefficient (Wildman–Crippen LogP) is 5.77. The summed E-state index contributed by atoms with van der Waals surface area (Å²) in [5.41, 5.74) is 6.22. The number of rotatable bonds is 6. The molecule has 1 aromatic heterocycles. The SMILES string of the molecule is COc1ccc(-c2[nH]c3ccc(C4CCN(CC5CCOCC5)CC4)cc3c2C)cc1OC. The first-order chi connectivity index (χ1) is 16.2. The Hall–Kier alpha value is -2.50. The van der Waals surface area contributed by atoms with E-state index in [1.165, 1.54) is 67.3 Å². The molecule has 2 fully saturated rings. The molecule has 2 aliphatic rings. The van der Waals surface area contributed by atoms with Crippen molar-refractivity contribution in [2.45, 2.75) is 38.5 Å². The zero-order chi connectivity index (χ0) is 22.8. The third-order valence-corrected chi connectivity index (χ3v) is 7.67. The van der Waals surface area contributed by atoms with E-state index in [1.807, 2.05) is 12.1 Å². The number of fused-ring (bicyclic) bond motifs is 1. The van der Waals surface area contributed by atoms with Crippen molar-refractivity contribution in [3.63, 3.8) is 0 Å². The molecule has 33 heavy (non-hydrogen) atoms. The molecule has 0 aliphatic carbocycles. The standard InChI is InChI=1S/C28H36N2O3/c1-19-24-16-22(21-8-12-30(13-9-21)18-20-10-14-33-15-11-20)4-6-25(24)29-28(19)23-5-7-26(31-2)27(17-23)32-3/h4-7,16-17,20-21,29H,8-15,18H2,1-3H3. The van der Waals surface area contributed by atoms with Gasteiger partial charge in [0.25, 0.3) is 0 Å². The molecule has 2 aliphatic heterocycles. The molecule has 2 saturated heterocycles. The number of aromatic amines is 1. The lowest BCUT2D eigenvalue weighted by atomic mass is 9.87. The van der Waals surface area contributed by atoms with Crippen LogP contribution in [0.3, 0.4) is 0 Å². The lowest BCUT2D eigenvalue weighted by molar-refractivity contribution is 0.0488. The maximum absolute atomic E-state index is 5.53. The lowest BCUT2D eigenvalue weighted by Crippen LogP contribution is -2.38. The Labute approximate surface area is 197 Å². The predicted molar refractivity (Wildman–Crippen MR) is 134 cm³/mol. The fourth-order valence-electron chi connectivity index (χ4n) is 5.62. The number of aromatic nitrogens is 1. The Bertz CT molecular complexity index is 1090. The summed E-state index contributed by atoms with van der Waals surface area (Å²) < 4.78 is 16.5. The summed E-state index contributed by atoms with van der Waals surface area (Å²) in [5.74, 6) is 2.98. The second-order valence-electron chi connectivity index (χ2n) is 9.63. The molecule has 0 saturated carbocycles. The largest absolute Gasteiger partial charge is 0.493 e. The minimum atomic E-state index is 0.652. The van der Waals surface area contributed by atoms with Gasteiger partial charge in [-0.2, -0.15) is 0 Å². The van der Waals surface area contributed by atoms with Crippen LogP contribution in [0.1, 0.15) is 42.7 Å². The molecular weight excluding hydrogens is 412 g/mol. The van der Waals surface area contributed by atoms with Crippen molar-refractivity contribution in [2.24, 2.45) is 5.92 Å². The molecule has 0 radical (unpaired) electrons. The van der Waals surface area contributed by atoms with Gasteiger partial charge in [-0.25, -0.2) is 0 Å². The fraction of sp³-hybridized carbons (Fsp3) is 0.500. The lowest BCUT2D eigenvalue weighted by Gasteiger charge is -2.35. The Kier molecular flexibility index (Phi) is 6.61. The first-order valence-corrected chi connectivity index (χ1v) is 12.3. The molecule has 0 atom stereocenters. The molecule has 3 aromatic rings. The second kappa shape index (κ2) is 9.78. The Balaban J connectivity index is 1.32. The minimum absolute atomic E-state index is 0.652. The summed E-state index contributed by atoms with van der Waals surface area (Å²) in [6, 6.07) is 13.1. The van der Waals surface area contributed by atoms with Gasteiger partial charge in [-0.1, -0.05) is 6.07 Å². The highest BCUT2D eigenvalue weighted by atomic mass is 16.5. The van der Waals surface area contributed by atoms with Crippen LogP contribution in [-0.2, 0) is 4.74 Å². The van der Waals surface area contributed by atoms with E-state index < -0.39 is 0 Å². The van der Waals surface area contributed by atoms with Crippen LogP contribution >= 0.6 is 0 Å². The monoisotopic (exact) mass is 448 g/mol. The maximum atomic E-state index is 5.53. The van der Waals surface area contributed by atoms with Crippen LogP contribution in [0.25, 0.3) is 22.2 Å². The maximum Gasteiger partial charge on any atom is 0.161 e. The van der Waals surface area contributed by atoms with Gasteiger partial charge in [0, 0.05) is 41.9 Å². The molecule has 0 amide bonds. The molecule has 5 rings (SSSR count). The summed E-state index contributed by atoms with van der Waals surface area (Å²) in [6.07, 6.45) is 4.96. The van der Waals surface area contributed by atoms with Crippen LogP contribution in [0.2, 0.25) is 0 Å². The van der Waals surface area contributed by atoms with Crippen molar-refractivity contribution in [3.8, 4) is 22.8 Å². The number of H-pyrrole nitrogens is 1. The number of ether oxygens (including phenoxy) is 3. The summed E-state index contributed by atoms with van der Waals surface area (Å²) in [4.78, 5) is 6.32. The normalized spacial score (nSPS) is 18.6. The van der Waals surface area contributed by atoms with Gasteiger partial charge in [-0.05, 0) is 99.0 Å². The van der Waals surface area contributed by atoms with Gasteiger partial charge in [0.05, 0.1) is 14.2 Å². The van der Waals surface area contributed by atoms with Crippen molar-refractivity contribution in [3.05, 3.63) is 47.5 Å². The zero-order valence-electron chi connectivity index (χ0n) is 20.2. The average molecular weight is 449 g/mol. The molecule has 5 heteroatoms. The van der Waals surface area contributed by atoms with Gasteiger partial charge >= 0.3 is 0 Å². The number of methoxy groups -OCH3 is 2. The Morgan fingerprint density at radius 1 is 0.939 bits per heavy atom. The topological polar surface area (TPSA) is 46.7 Å². The number of hydrogen-bond acceptors (Lipinski definition) is 4. The molecule has 5 nitrogen and oxygen atoms in total. The van der Waals surface area contributed by atoms with E-state index in [-0.39, 0.29) is 0 Å². The van der Waals surface area contributed by atoms with Crippen LogP contribution in [-0.4, -0.2) is 57.0 Å². The van der Waals surface area contributed by atoms with Crippen LogP contribution in [0, 0.1) is 12.8 Å². The number of likely N-dealkylation sites (tertiary alicyclic amines) is 1. The Morgan fingerprint density at radius 2 is 1.70 bits per heavy atom. The highest BCUT2D eigenvalue weighted by molar-refractivity contribution is 5.91. The number of aryl methyl sites for hydroxylation is 1. The third kappa shape index (κ3) is 4.62. The molecule has 0 unspecified atom stereocenters. The zero-order valence-corrected chi connectivity index (χ0v) is 20.2. The summed E-state index contributed by atoms with van der Waals surface area (Å²) >= 11 is 0. The van der Waals surface area contributed by atoms with Crippen LogP contribution in [0.5, 0.6) is 11.5 Å². The molecular formula is C28H36N2O3. The van der Waals surface area contributed by atoms with Crippen LogP contribution in [0.4, 0.5) is 0 Å². The van der Waals surface area contributed by atoms with Crippen LogP contribution in [0.15, 0.2) is 36.4 Å². The number of piperidine rings is 1. The van der Waals surface area contributed by atoms with E-state index in [0.29, 0.717) is 5.92 Å². The smallest absolute Gasteiger partial charge is 0.161 e. The van der Waals surface area contributed by atoms with Gasteiger partial charge in [0.2, 0.25) is 0 Å². The number of nitrogens with zero attached hydrogens (tertiary/aromatic N) is 1. The van der Waals surface area contributed by atoms with Gasteiger partial charge in [-0.15, -0.1) is 0 Å². The summed E-state index contributed by atoms with van der Waals surface area (Å²) in [7, 11) is 3.35. The number of hydrogen-bond donors (Lipinski definition) is 1. The average Bonchev–Trinajstić information content (AvgIpc) is 3.20. The van der Waals surface area contributed by atoms with Gasteiger partial charge in [-0.3, -0.25) is 0 Å². The highest BCUT2D eigenvalue weighted by Crippen LogP contribution is 2.37. The van der Waals surface area contributed by atoms with E-state index in [2.05, 4.69) is 41.1 Å². The molecule has 176 valence electrons. The van der Waals surface area contributed by atoms with Crippen molar-refractivity contribution in [2.75, 3.05) is 47.1 Å². The Morgan fingerprint density at radius 3 is 2.42 bits per heavy atom. The van der Waals surface area contributed by atoms with E-state index in [1.54, 1.807) is 14.2 Å². The van der Waals surface area contributed by atoms with E-state index in [9.17, 15) is 0 Å². The molecule has 1 N–H and O–H groups in total. The van der Waals surface area contributed by atoms with Gasteiger partial charge < -0.3 is 24.1 Å². The highest BCUT2D eigenvalue weighted by Gasteiger charge is 2.24. The molecule has 3 heterocycles. The van der Waals surface area contributed by atoms with E-state index in [0.717, 1.165) is 41.9 Å². The van der Waals surface area contributed by atoms with Crippen molar-refractivity contribution in [1.82, 2.24) is 9.88 Å². The number of benzene rings is 2. The third-order valence-electron chi connectivity index (χ3n) is 7.67. The molecule has 0 bridgehead atoms. The fourth-order valence-corrected chi connectivity index (χ4v) is 5.62. The summed E-state index contributed by atoms with van der Waals surface area (Å²) in [5, 5.41) is 1.32.